The Morgan fingerprint density at radius 2 is 2.05 bits per heavy atom. The van der Waals surface area contributed by atoms with Gasteiger partial charge in [-0.05, 0) is 31.0 Å². The number of amides is 2. The van der Waals surface area contributed by atoms with Crippen LogP contribution in [0.5, 0.6) is 0 Å². The highest BCUT2D eigenvalue weighted by atomic mass is 35.5. The summed E-state index contributed by atoms with van der Waals surface area (Å²) in [5.74, 6) is -0.359. The van der Waals surface area contributed by atoms with E-state index in [9.17, 15) is 9.18 Å². The predicted octanol–water partition coefficient (Wildman–Crippen LogP) is 3.61. The van der Waals surface area contributed by atoms with Crippen LogP contribution in [-0.2, 0) is 6.54 Å². The van der Waals surface area contributed by atoms with Gasteiger partial charge in [0.15, 0.2) is 0 Å². The minimum Gasteiger partial charge on any atom is -0.335 e. The molecule has 104 valence electrons. The molecule has 0 atom stereocenters. The maximum absolute atomic E-state index is 13.4. The van der Waals surface area contributed by atoms with Gasteiger partial charge in [-0.2, -0.15) is 0 Å². The lowest BCUT2D eigenvalue weighted by atomic mass is 9.96. The Balaban J connectivity index is 1.81. The fourth-order valence-corrected chi connectivity index (χ4v) is 2.53. The topological polar surface area (TPSA) is 41.1 Å². The van der Waals surface area contributed by atoms with Gasteiger partial charge in [0.2, 0.25) is 0 Å². The summed E-state index contributed by atoms with van der Waals surface area (Å²) in [6, 6.07) is 4.32. The number of nitrogens with one attached hydrogen (secondary N) is 2. The third-order valence-electron chi connectivity index (χ3n) is 3.39. The summed E-state index contributed by atoms with van der Waals surface area (Å²) in [6.07, 6.45) is 5.62. The number of rotatable bonds is 3. The molecule has 0 saturated heterocycles. The second-order valence-corrected chi connectivity index (χ2v) is 5.33. The van der Waals surface area contributed by atoms with E-state index < -0.39 is 0 Å². The third-order valence-corrected chi connectivity index (χ3v) is 3.62. The molecule has 0 bridgehead atoms. The molecule has 0 aliphatic heterocycles. The Morgan fingerprint density at radius 3 is 2.79 bits per heavy atom. The highest BCUT2D eigenvalue weighted by Gasteiger charge is 2.15. The van der Waals surface area contributed by atoms with Crippen LogP contribution in [0, 0.1) is 5.82 Å². The van der Waals surface area contributed by atoms with Gasteiger partial charge >= 0.3 is 6.03 Å². The molecule has 1 aliphatic carbocycles. The van der Waals surface area contributed by atoms with E-state index in [1.54, 1.807) is 0 Å². The Hall–Kier alpha value is -1.29. The van der Waals surface area contributed by atoms with Crippen molar-refractivity contribution in [2.75, 3.05) is 0 Å². The number of hydrogen-bond acceptors (Lipinski definition) is 1. The van der Waals surface area contributed by atoms with E-state index >= 15 is 0 Å². The van der Waals surface area contributed by atoms with Crippen molar-refractivity contribution in [2.24, 2.45) is 0 Å². The third kappa shape index (κ3) is 4.39. The minimum atomic E-state index is -0.359. The van der Waals surface area contributed by atoms with Crippen LogP contribution >= 0.6 is 11.6 Å². The number of carbonyl (C=O) groups excluding carboxylic acids is 1. The van der Waals surface area contributed by atoms with Crippen LogP contribution in [0.2, 0.25) is 5.02 Å². The number of benzene rings is 1. The Morgan fingerprint density at radius 1 is 1.32 bits per heavy atom. The second-order valence-electron chi connectivity index (χ2n) is 4.90. The molecule has 1 aromatic rings. The molecule has 5 heteroatoms. The molecule has 1 fully saturated rings. The molecular formula is C14H18ClFN2O. The summed E-state index contributed by atoms with van der Waals surface area (Å²) in [6.45, 7) is 0.144. The second kappa shape index (κ2) is 6.75. The first kappa shape index (κ1) is 14.1. The zero-order valence-corrected chi connectivity index (χ0v) is 11.5. The van der Waals surface area contributed by atoms with E-state index in [2.05, 4.69) is 10.6 Å². The van der Waals surface area contributed by atoms with Crippen molar-refractivity contribution < 1.29 is 9.18 Å². The van der Waals surface area contributed by atoms with E-state index in [4.69, 9.17) is 11.6 Å². The summed E-state index contributed by atoms with van der Waals surface area (Å²) < 4.78 is 13.4. The Labute approximate surface area is 117 Å². The smallest absolute Gasteiger partial charge is 0.315 e. The summed E-state index contributed by atoms with van der Waals surface area (Å²) in [5, 5.41) is 6.05. The van der Waals surface area contributed by atoms with E-state index in [1.807, 2.05) is 0 Å². The summed E-state index contributed by atoms with van der Waals surface area (Å²) >= 11 is 5.79. The molecule has 19 heavy (non-hydrogen) atoms. The van der Waals surface area contributed by atoms with Gasteiger partial charge in [-0.15, -0.1) is 0 Å². The molecule has 0 spiro atoms. The number of hydrogen-bond donors (Lipinski definition) is 2. The highest BCUT2D eigenvalue weighted by Crippen LogP contribution is 2.17. The standard InChI is InChI=1S/C14H18ClFN2O/c15-11-6-7-13(16)10(8-11)9-17-14(19)18-12-4-2-1-3-5-12/h6-8,12H,1-5,9H2,(H2,17,18,19). The minimum absolute atomic E-state index is 0.144. The van der Waals surface area contributed by atoms with Gasteiger partial charge < -0.3 is 10.6 Å². The maximum Gasteiger partial charge on any atom is 0.315 e. The molecule has 2 N–H and O–H groups in total. The van der Waals surface area contributed by atoms with Gasteiger partial charge in [0.25, 0.3) is 0 Å². The van der Waals surface area contributed by atoms with Crippen molar-refractivity contribution in [3.05, 3.63) is 34.6 Å². The fourth-order valence-electron chi connectivity index (χ4n) is 2.34. The van der Waals surface area contributed by atoms with Gasteiger partial charge in [-0.3, -0.25) is 0 Å². The molecule has 2 amide bonds. The summed E-state index contributed by atoms with van der Waals surface area (Å²) in [5.41, 5.74) is 0.395. The van der Waals surface area contributed by atoms with Crippen LogP contribution < -0.4 is 10.6 Å². The largest absolute Gasteiger partial charge is 0.335 e. The number of urea groups is 1. The van der Waals surface area contributed by atoms with Crippen molar-refractivity contribution >= 4 is 17.6 Å². The first-order valence-corrected chi connectivity index (χ1v) is 7.01. The molecule has 3 nitrogen and oxygen atoms in total. The molecule has 0 unspecified atom stereocenters. The van der Waals surface area contributed by atoms with Crippen molar-refractivity contribution in [3.63, 3.8) is 0 Å². The lowest BCUT2D eigenvalue weighted by Crippen LogP contribution is -2.42. The SMILES string of the molecule is O=C(NCc1cc(Cl)ccc1F)NC1CCCCC1. The van der Waals surface area contributed by atoms with Crippen LogP contribution in [-0.4, -0.2) is 12.1 Å². The van der Waals surface area contributed by atoms with Gasteiger partial charge in [0, 0.05) is 23.2 Å². The van der Waals surface area contributed by atoms with Crippen LogP contribution in [0.25, 0.3) is 0 Å². The molecule has 0 radical (unpaired) electrons. The van der Waals surface area contributed by atoms with E-state index in [0.29, 0.717) is 10.6 Å². The van der Waals surface area contributed by atoms with E-state index in [0.717, 1.165) is 25.7 Å². The van der Waals surface area contributed by atoms with Gasteiger partial charge in [0.05, 0.1) is 0 Å². The van der Waals surface area contributed by atoms with Crippen molar-refractivity contribution in [1.29, 1.82) is 0 Å². The molecule has 0 aromatic heterocycles. The van der Waals surface area contributed by atoms with Gasteiger partial charge in [-0.1, -0.05) is 30.9 Å². The average Bonchev–Trinajstić information content (AvgIpc) is 2.41. The lowest BCUT2D eigenvalue weighted by molar-refractivity contribution is 0.232. The quantitative estimate of drug-likeness (QED) is 0.875. The molecule has 0 heterocycles. The van der Waals surface area contributed by atoms with Gasteiger partial charge in [0.1, 0.15) is 5.82 Å². The molecular weight excluding hydrogens is 267 g/mol. The zero-order valence-electron chi connectivity index (χ0n) is 10.7. The maximum atomic E-state index is 13.4. The van der Waals surface area contributed by atoms with E-state index in [-0.39, 0.29) is 24.4 Å². The summed E-state index contributed by atoms with van der Waals surface area (Å²) in [4.78, 5) is 11.7. The first-order valence-electron chi connectivity index (χ1n) is 6.63. The molecule has 2 rings (SSSR count). The van der Waals surface area contributed by atoms with Crippen LogP contribution in [0.15, 0.2) is 18.2 Å². The Bertz CT molecular complexity index is 447. The van der Waals surface area contributed by atoms with Crippen LogP contribution in [0.3, 0.4) is 0 Å². The Kier molecular flexibility index (Phi) is 5.02. The van der Waals surface area contributed by atoms with Crippen molar-refractivity contribution in [1.82, 2.24) is 10.6 Å². The number of carbonyl (C=O) groups is 1. The van der Waals surface area contributed by atoms with E-state index in [1.165, 1.54) is 24.6 Å². The highest BCUT2D eigenvalue weighted by molar-refractivity contribution is 6.30. The molecule has 1 saturated carbocycles. The van der Waals surface area contributed by atoms with Crippen molar-refractivity contribution in [3.8, 4) is 0 Å². The molecule has 1 aliphatic rings. The predicted molar refractivity (Wildman–Crippen MR) is 73.7 cm³/mol. The first-order chi connectivity index (χ1) is 9.15. The van der Waals surface area contributed by atoms with Crippen molar-refractivity contribution in [2.45, 2.75) is 44.7 Å². The van der Waals surface area contributed by atoms with Crippen LogP contribution in [0.1, 0.15) is 37.7 Å². The zero-order chi connectivity index (χ0) is 13.7. The summed E-state index contributed by atoms with van der Waals surface area (Å²) in [7, 11) is 0. The van der Waals surface area contributed by atoms with Gasteiger partial charge in [-0.25, -0.2) is 9.18 Å². The lowest BCUT2D eigenvalue weighted by Gasteiger charge is -2.22. The monoisotopic (exact) mass is 284 g/mol. The van der Waals surface area contributed by atoms with Crippen LogP contribution in [0.4, 0.5) is 9.18 Å². The number of halogens is 2. The fraction of sp³-hybridized carbons (Fsp3) is 0.500. The average molecular weight is 285 g/mol. The molecule has 1 aromatic carbocycles. The normalized spacial score (nSPS) is 16.1.